The van der Waals surface area contributed by atoms with Gasteiger partial charge in [0.15, 0.2) is 0 Å². The molecule has 0 saturated carbocycles. The summed E-state index contributed by atoms with van der Waals surface area (Å²) < 4.78 is 0. The van der Waals surface area contributed by atoms with Crippen LogP contribution in [0, 0.1) is 0 Å². The van der Waals surface area contributed by atoms with Gasteiger partial charge in [-0.05, 0) is 26.0 Å². The van der Waals surface area contributed by atoms with E-state index in [1.54, 1.807) is 0 Å². The minimum Gasteiger partial charge on any atom is -0.354 e. The number of nitrogens with one attached hydrogen (secondary N) is 2. The van der Waals surface area contributed by atoms with Crippen LogP contribution in [0.25, 0.3) is 0 Å². The third-order valence-electron chi connectivity index (χ3n) is 3.17. The van der Waals surface area contributed by atoms with Crippen LogP contribution in [0.4, 0.5) is 0 Å². The standard InChI is InChI=1S/C15H24N2O.ClH/c1-4-8-14(13-9-6-5-7-10-13)15(18)17-11-12(2)16-3;/h5-7,9-10,12,14,16H,4,8,11H2,1-3H3,(H,17,18);1H. The van der Waals surface area contributed by atoms with Gasteiger partial charge in [0.25, 0.3) is 0 Å². The van der Waals surface area contributed by atoms with Crippen LogP contribution in [-0.2, 0) is 4.79 Å². The average molecular weight is 285 g/mol. The van der Waals surface area contributed by atoms with Crippen molar-refractivity contribution >= 4 is 18.3 Å². The van der Waals surface area contributed by atoms with Crippen molar-refractivity contribution in [2.75, 3.05) is 13.6 Å². The third kappa shape index (κ3) is 6.08. The molecule has 2 unspecified atom stereocenters. The molecule has 0 aliphatic rings. The van der Waals surface area contributed by atoms with Crippen LogP contribution >= 0.6 is 12.4 Å². The Balaban J connectivity index is 0.00000324. The summed E-state index contributed by atoms with van der Waals surface area (Å²) in [5.74, 6) is 0.102. The first-order valence-electron chi connectivity index (χ1n) is 6.69. The molecule has 0 spiro atoms. The number of halogens is 1. The van der Waals surface area contributed by atoms with Gasteiger partial charge in [0, 0.05) is 12.6 Å². The SMILES string of the molecule is CCCC(C(=O)NCC(C)NC)c1ccccc1.Cl. The molecule has 1 aromatic carbocycles. The highest BCUT2D eigenvalue weighted by atomic mass is 35.5. The molecule has 0 radical (unpaired) electrons. The minimum atomic E-state index is -0.0275. The second kappa shape index (κ2) is 9.82. The molecule has 4 heteroatoms. The summed E-state index contributed by atoms with van der Waals surface area (Å²) in [6, 6.07) is 10.3. The van der Waals surface area contributed by atoms with Gasteiger partial charge in [-0.2, -0.15) is 0 Å². The van der Waals surface area contributed by atoms with E-state index in [9.17, 15) is 4.79 Å². The summed E-state index contributed by atoms with van der Waals surface area (Å²) in [5, 5.41) is 6.13. The number of hydrogen-bond donors (Lipinski definition) is 2. The van der Waals surface area contributed by atoms with Gasteiger partial charge in [-0.25, -0.2) is 0 Å². The number of likely N-dealkylation sites (N-methyl/N-ethyl adjacent to an activating group) is 1. The van der Waals surface area contributed by atoms with Crippen LogP contribution in [0.1, 0.15) is 38.2 Å². The molecule has 0 aliphatic heterocycles. The van der Waals surface area contributed by atoms with Gasteiger partial charge in [0.05, 0.1) is 5.92 Å². The van der Waals surface area contributed by atoms with Crippen molar-refractivity contribution in [1.82, 2.24) is 10.6 Å². The van der Waals surface area contributed by atoms with Crippen LogP contribution in [0.5, 0.6) is 0 Å². The summed E-state index contributed by atoms with van der Waals surface area (Å²) in [5.41, 5.74) is 1.11. The van der Waals surface area contributed by atoms with Crippen LogP contribution in [0.2, 0.25) is 0 Å². The van der Waals surface area contributed by atoms with Gasteiger partial charge in [-0.1, -0.05) is 43.7 Å². The summed E-state index contributed by atoms with van der Waals surface area (Å²) >= 11 is 0. The molecule has 19 heavy (non-hydrogen) atoms. The van der Waals surface area contributed by atoms with Crippen LogP contribution in [0.3, 0.4) is 0 Å². The zero-order valence-electron chi connectivity index (χ0n) is 12.0. The number of carbonyl (C=O) groups excluding carboxylic acids is 1. The van der Waals surface area contributed by atoms with Crippen molar-refractivity contribution in [3.05, 3.63) is 35.9 Å². The summed E-state index contributed by atoms with van der Waals surface area (Å²) in [6.07, 6.45) is 1.90. The first-order chi connectivity index (χ1) is 8.69. The van der Waals surface area contributed by atoms with Crippen molar-refractivity contribution in [2.24, 2.45) is 0 Å². The zero-order chi connectivity index (χ0) is 13.4. The van der Waals surface area contributed by atoms with Crippen LogP contribution in [-0.4, -0.2) is 25.5 Å². The fourth-order valence-electron chi connectivity index (χ4n) is 1.90. The van der Waals surface area contributed by atoms with E-state index in [1.165, 1.54) is 0 Å². The summed E-state index contributed by atoms with van der Waals surface area (Å²) in [7, 11) is 1.90. The second-order valence-electron chi connectivity index (χ2n) is 4.69. The highest BCUT2D eigenvalue weighted by Gasteiger charge is 2.19. The molecule has 0 saturated heterocycles. The molecule has 0 fully saturated rings. The van der Waals surface area contributed by atoms with E-state index in [-0.39, 0.29) is 24.2 Å². The van der Waals surface area contributed by atoms with E-state index in [1.807, 2.05) is 37.4 Å². The largest absolute Gasteiger partial charge is 0.354 e. The lowest BCUT2D eigenvalue weighted by atomic mass is 9.93. The van der Waals surface area contributed by atoms with E-state index < -0.39 is 0 Å². The first-order valence-corrected chi connectivity index (χ1v) is 6.69. The molecule has 1 aromatic rings. The monoisotopic (exact) mass is 284 g/mol. The minimum absolute atomic E-state index is 0. The van der Waals surface area contributed by atoms with E-state index in [0.717, 1.165) is 18.4 Å². The lowest BCUT2D eigenvalue weighted by Gasteiger charge is -2.18. The van der Waals surface area contributed by atoms with Gasteiger partial charge in [-0.3, -0.25) is 4.79 Å². The highest BCUT2D eigenvalue weighted by molar-refractivity contribution is 5.85. The number of hydrogen-bond acceptors (Lipinski definition) is 2. The molecule has 1 rings (SSSR count). The first kappa shape index (κ1) is 17.9. The summed E-state index contributed by atoms with van der Waals surface area (Å²) in [4.78, 5) is 12.2. The smallest absolute Gasteiger partial charge is 0.227 e. The normalized spacial score (nSPS) is 13.2. The van der Waals surface area contributed by atoms with Gasteiger partial charge >= 0.3 is 0 Å². The Bertz CT molecular complexity index is 356. The average Bonchev–Trinajstić information content (AvgIpc) is 2.42. The molecule has 0 aliphatic carbocycles. The van der Waals surface area contributed by atoms with Crippen molar-refractivity contribution in [1.29, 1.82) is 0 Å². The van der Waals surface area contributed by atoms with E-state index in [0.29, 0.717) is 12.6 Å². The van der Waals surface area contributed by atoms with Crippen molar-refractivity contribution < 1.29 is 4.79 Å². The van der Waals surface area contributed by atoms with E-state index >= 15 is 0 Å². The van der Waals surface area contributed by atoms with E-state index in [4.69, 9.17) is 0 Å². The molecular weight excluding hydrogens is 260 g/mol. The highest BCUT2D eigenvalue weighted by Crippen LogP contribution is 2.21. The van der Waals surface area contributed by atoms with Gasteiger partial charge < -0.3 is 10.6 Å². The molecule has 0 bridgehead atoms. The molecule has 0 aromatic heterocycles. The summed E-state index contributed by atoms with van der Waals surface area (Å²) in [6.45, 7) is 4.83. The Morgan fingerprint density at radius 1 is 1.26 bits per heavy atom. The maximum absolute atomic E-state index is 12.2. The van der Waals surface area contributed by atoms with E-state index in [2.05, 4.69) is 24.5 Å². The lowest BCUT2D eigenvalue weighted by molar-refractivity contribution is -0.122. The van der Waals surface area contributed by atoms with Crippen molar-refractivity contribution in [2.45, 2.75) is 38.6 Å². The fourth-order valence-corrected chi connectivity index (χ4v) is 1.90. The van der Waals surface area contributed by atoms with Crippen molar-refractivity contribution in [3.8, 4) is 0 Å². The molecule has 3 nitrogen and oxygen atoms in total. The number of rotatable bonds is 7. The number of benzene rings is 1. The predicted octanol–water partition coefficient (Wildman–Crippen LogP) is 2.72. The Kier molecular flexibility index (Phi) is 9.27. The molecular formula is C15H25ClN2O. The van der Waals surface area contributed by atoms with Gasteiger partial charge in [0.1, 0.15) is 0 Å². The Hall–Kier alpha value is -1.06. The molecule has 0 heterocycles. The topological polar surface area (TPSA) is 41.1 Å². The maximum Gasteiger partial charge on any atom is 0.227 e. The quantitative estimate of drug-likeness (QED) is 0.808. The fraction of sp³-hybridized carbons (Fsp3) is 0.533. The Labute approximate surface area is 122 Å². The Morgan fingerprint density at radius 2 is 1.89 bits per heavy atom. The third-order valence-corrected chi connectivity index (χ3v) is 3.17. The van der Waals surface area contributed by atoms with Gasteiger partial charge in [-0.15, -0.1) is 12.4 Å². The molecule has 1 amide bonds. The Morgan fingerprint density at radius 3 is 2.42 bits per heavy atom. The van der Waals surface area contributed by atoms with Crippen molar-refractivity contribution in [3.63, 3.8) is 0 Å². The molecule has 108 valence electrons. The number of carbonyl (C=O) groups is 1. The molecule has 2 N–H and O–H groups in total. The van der Waals surface area contributed by atoms with Gasteiger partial charge in [0.2, 0.25) is 5.91 Å². The lowest BCUT2D eigenvalue weighted by Crippen LogP contribution is -2.39. The number of amides is 1. The second-order valence-corrected chi connectivity index (χ2v) is 4.69. The van der Waals surface area contributed by atoms with Crippen LogP contribution < -0.4 is 10.6 Å². The maximum atomic E-state index is 12.2. The zero-order valence-corrected chi connectivity index (χ0v) is 12.8. The molecule has 2 atom stereocenters. The van der Waals surface area contributed by atoms with Crippen LogP contribution in [0.15, 0.2) is 30.3 Å². The predicted molar refractivity (Wildman–Crippen MR) is 82.9 cm³/mol.